The average molecular weight is 524 g/mol. The van der Waals surface area contributed by atoms with Crippen LogP contribution in [0.4, 0.5) is 0 Å². The summed E-state index contributed by atoms with van der Waals surface area (Å²) in [6, 6.07) is 0. The molecule has 210 valence electrons. The quantitative estimate of drug-likeness (QED) is 0.325. The van der Waals surface area contributed by atoms with Gasteiger partial charge in [-0.05, 0) is 23.7 Å². The maximum Gasteiger partial charge on any atom is 0.164 e. The molecule has 1 aliphatic heterocycles. The second-order valence-corrected chi connectivity index (χ2v) is 11.6. The van der Waals surface area contributed by atoms with Crippen molar-refractivity contribution in [2.75, 3.05) is 73.1 Å². The number of ether oxygens (including phenoxy) is 5. The van der Waals surface area contributed by atoms with Crippen LogP contribution < -0.4 is 0 Å². The number of Topliss-reactive ketones (excluding diaryl/α,β-unsaturated/α-hetero) is 2. The molecule has 3 aliphatic rings. The maximum atomic E-state index is 13.3. The molecule has 0 aromatic heterocycles. The van der Waals surface area contributed by atoms with Crippen LogP contribution in [0.15, 0.2) is 22.5 Å². The van der Waals surface area contributed by atoms with E-state index in [1.54, 1.807) is 0 Å². The predicted molar refractivity (Wildman–Crippen MR) is 138 cm³/mol. The fraction of sp³-hybridized carbons (Fsp3) is 0.786. The molecule has 37 heavy (non-hydrogen) atoms. The van der Waals surface area contributed by atoms with Crippen molar-refractivity contribution in [3.05, 3.63) is 22.5 Å². The van der Waals surface area contributed by atoms with Crippen molar-refractivity contribution in [3.8, 4) is 0 Å². The minimum Gasteiger partial charge on any atom is -0.394 e. The standard InChI is InChI=1S/C28H45NO8/c1-27(2)16-20-24(22(31)18-27)26(25-21(29(20)5)17-28(3,4)19-23(25)32)37-15-14-36-13-12-35-11-10-34-9-8-33-7-6-30/h26,30H,6-19H2,1-5H3. The van der Waals surface area contributed by atoms with Gasteiger partial charge in [0, 0.05) is 42.4 Å². The van der Waals surface area contributed by atoms with E-state index in [9.17, 15) is 9.59 Å². The summed E-state index contributed by atoms with van der Waals surface area (Å²) >= 11 is 0. The Balaban J connectivity index is 1.49. The molecule has 0 spiro atoms. The van der Waals surface area contributed by atoms with Crippen molar-refractivity contribution in [1.29, 1.82) is 0 Å². The first-order valence-corrected chi connectivity index (χ1v) is 13.4. The van der Waals surface area contributed by atoms with E-state index in [0.717, 1.165) is 24.2 Å². The Labute approximate surface area is 221 Å². The lowest BCUT2D eigenvalue weighted by Gasteiger charge is -2.47. The lowest BCUT2D eigenvalue weighted by molar-refractivity contribution is -0.122. The van der Waals surface area contributed by atoms with Gasteiger partial charge in [0.2, 0.25) is 0 Å². The summed E-state index contributed by atoms with van der Waals surface area (Å²) < 4.78 is 27.9. The zero-order valence-electron chi connectivity index (χ0n) is 23.2. The molecule has 1 heterocycles. The highest BCUT2D eigenvalue weighted by Crippen LogP contribution is 2.49. The number of aliphatic hydroxyl groups excluding tert-OH is 1. The van der Waals surface area contributed by atoms with Gasteiger partial charge < -0.3 is 33.7 Å². The van der Waals surface area contributed by atoms with Crippen molar-refractivity contribution >= 4 is 11.6 Å². The van der Waals surface area contributed by atoms with E-state index in [4.69, 9.17) is 28.8 Å². The monoisotopic (exact) mass is 523 g/mol. The van der Waals surface area contributed by atoms with Crippen LogP contribution in [0, 0.1) is 10.8 Å². The summed E-state index contributed by atoms with van der Waals surface area (Å²) in [7, 11) is 1.99. The number of allylic oxidation sites excluding steroid dienone is 2. The van der Waals surface area contributed by atoms with Crippen LogP contribution in [0.5, 0.6) is 0 Å². The van der Waals surface area contributed by atoms with E-state index >= 15 is 0 Å². The van der Waals surface area contributed by atoms with Gasteiger partial charge in [0.1, 0.15) is 6.10 Å². The number of ketones is 2. The molecule has 2 aliphatic carbocycles. The second-order valence-electron chi connectivity index (χ2n) is 11.6. The third kappa shape index (κ3) is 8.18. The Bertz CT molecular complexity index is 821. The van der Waals surface area contributed by atoms with Gasteiger partial charge in [-0.2, -0.15) is 0 Å². The first-order valence-electron chi connectivity index (χ1n) is 13.4. The van der Waals surface area contributed by atoms with Crippen molar-refractivity contribution in [2.24, 2.45) is 10.8 Å². The molecule has 0 aromatic rings. The zero-order chi connectivity index (χ0) is 27.1. The highest BCUT2D eigenvalue weighted by Gasteiger charge is 2.48. The summed E-state index contributed by atoms with van der Waals surface area (Å²) in [6.07, 6.45) is 1.85. The fourth-order valence-electron chi connectivity index (χ4n) is 5.32. The number of carbonyl (C=O) groups is 2. The van der Waals surface area contributed by atoms with Gasteiger partial charge in [-0.15, -0.1) is 0 Å². The van der Waals surface area contributed by atoms with E-state index in [0.29, 0.717) is 76.8 Å². The number of hydrogen-bond acceptors (Lipinski definition) is 9. The van der Waals surface area contributed by atoms with Crippen LogP contribution in [0.3, 0.4) is 0 Å². The van der Waals surface area contributed by atoms with Gasteiger partial charge >= 0.3 is 0 Å². The van der Waals surface area contributed by atoms with Crippen LogP contribution in [0.1, 0.15) is 53.4 Å². The Morgan fingerprint density at radius 3 is 1.46 bits per heavy atom. The largest absolute Gasteiger partial charge is 0.394 e. The topological polar surface area (TPSA) is 104 Å². The SMILES string of the molecule is CN1C2=C(C(=O)CC(C)(C)C2)C(OCCOCCOCCOCCOCCO)C2=C1CC(C)(C)CC2=O. The van der Waals surface area contributed by atoms with E-state index in [1.807, 2.05) is 7.05 Å². The van der Waals surface area contributed by atoms with Gasteiger partial charge in [0.05, 0.1) is 66.1 Å². The van der Waals surface area contributed by atoms with E-state index < -0.39 is 6.10 Å². The minimum absolute atomic E-state index is 0.0108. The molecule has 0 bridgehead atoms. The molecule has 0 amide bonds. The molecule has 1 N–H and O–H groups in total. The fourth-order valence-corrected chi connectivity index (χ4v) is 5.32. The maximum absolute atomic E-state index is 13.3. The Kier molecular flexibility index (Phi) is 10.9. The molecule has 0 atom stereocenters. The lowest BCUT2D eigenvalue weighted by Crippen LogP contribution is -2.46. The van der Waals surface area contributed by atoms with E-state index in [2.05, 4.69) is 32.6 Å². The van der Waals surface area contributed by atoms with E-state index in [-0.39, 0.29) is 35.6 Å². The molecule has 0 saturated heterocycles. The predicted octanol–water partition coefficient (Wildman–Crippen LogP) is 2.66. The third-order valence-corrected chi connectivity index (χ3v) is 6.99. The van der Waals surface area contributed by atoms with Gasteiger partial charge in [-0.1, -0.05) is 27.7 Å². The van der Waals surface area contributed by atoms with Crippen LogP contribution in [0.2, 0.25) is 0 Å². The molecule has 0 radical (unpaired) electrons. The third-order valence-electron chi connectivity index (χ3n) is 6.99. The molecule has 3 rings (SSSR count). The summed E-state index contributed by atoms with van der Waals surface area (Å²) in [4.78, 5) is 28.7. The molecule has 9 heteroatoms. The normalized spacial score (nSPS) is 21.5. The van der Waals surface area contributed by atoms with Crippen LogP contribution in [-0.2, 0) is 33.3 Å². The summed E-state index contributed by atoms with van der Waals surface area (Å²) in [5.74, 6) is 0.146. The summed E-state index contributed by atoms with van der Waals surface area (Å²) in [6.45, 7) is 12.1. The first kappa shape index (κ1) is 29.9. The minimum atomic E-state index is -0.619. The summed E-state index contributed by atoms with van der Waals surface area (Å²) in [5, 5.41) is 8.63. The van der Waals surface area contributed by atoms with Gasteiger partial charge in [0.15, 0.2) is 11.6 Å². The number of nitrogens with zero attached hydrogens (tertiary/aromatic N) is 1. The molecule has 0 fully saturated rings. The second kappa shape index (κ2) is 13.4. The lowest BCUT2D eigenvalue weighted by atomic mass is 9.67. The van der Waals surface area contributed by atoms with Crippen molar-refractivity contribution in [1.82, 2.24) is 4.90 Å². The van der Waals surface area contributed by atoms with Gasteiger partial charge in [0.25, 0.3) is 0 Å². The molecule has 0 saturated carbocycles. The number of hydrogen-bond donors (Lipinski definition) is 1. The molecular weight excluding hydrogens is 478 g/mol. The molecule has 0 unspecified atom stereocenters. The van der Waals surface area contributed by atoms with Gasteiger partial charge in [-0.3, -0.25) is 9.59 Å². The van der Waals surface area contributed by atoms with Crippen LogP contribution >= 0.6 is 0 Å². The Hall–Kier alpha value is -1.62. The summed E-state index contributed by atoms with van der Waals surface area (Å²) in [5.41, 5.74) is 3.04. The van der Waals surface area contributed by atoms with Crippen molar-refractivity contribution in [3.63, 3.8) is 0 Å². The first-order chi connectivity index (χ1) is 17.6. The smallest absolute Gasteiger partial charge is 0.164 e. The van der Waals surface area contributed by atoms with Crippen molar-refractivity contribution in [2.45, 2.75) is 59.5 Å². The zero-order valence-corrected chi connectivity index (χ0v) is 23.2. The van der Waals surface area contributed by atoms with Gasteiger partial charge in [-0.25, -0.2) is 0 Å². The molecular formula is C28H45NO8. The number of rotatable bonds is 15. The highest BCUT2D eigenvalue weighted by molar-refractivity contribution is 6.06. The molecule has 9 nitrogen and oxygen atoms in total. The number of aliphatic hydroxyl groups is 1. The Morgan fingerprint density at radius 1 is 0.676 bits per heavy atom. The van der Waals surface area contributed by atoms with Crippen LogP contribution in [0.25, 0.3) is 0 Å². The molecule has 0 aromatic carbocycles. The van der Waals surface area contributed by atoms with Crippen molar-refractivity contribution < 1.29 is 38.4 Å². The number of carbonyl (C=O) groups excluding carboxylic acids is 2. The average Bonchev–Trinajstić information content (AvgIpc) is 2.80. The van der Waals surface area contributed by atoms with E-state index in [1.165, 1.54) is 0 Å². The van der Waals surface area contributed by atoms with Crippen LogP contribution in [-0.4, -0.2) is 101 Å². The highest BCUT2D eigenvalue weighted by atomic mass is 16.6. The Morgan fingerprint density at radius 2 is 1.05 bits per heavy atom.